The number of nitriles is 1. The van der Waals surface area contributed by atoms with Gasteiger partial charge in [-0.05, 0) is 61.7 Å². The minimum Gasteiger partial charge on any atom is -0.348 e. The molecule has 0 fully saturated rings. The second-order valence-electron chi connectivity index (χ2n) is 7.40. The normalized spacial score (nSPS) is 12.1. The molecule has 0 bridgehead atoms. The maximum absolute atomic E-state index is 13.3. The Morgan fingerprint density at radius 2 is 1.59 bits per heavy atom. The van der Waals surface area contributed by atoms with E-state index in [1.54, 1.807) is 30.3 Å². The molecular formula is C25H23ClN2O2S2. The summed E-state index contributed by atoms with van der Waals surface area (Å²) in [6, 6.07) is 21.3. The second-order valence-corrected chi connectivity index (χ2v) is 10.7. The van der Waals surface area contributed by atoms with Gasteiger partial charge in [-0.15, -0.1) is 11.8 Å². The van der Waals surface area contributed by atoms with Crippen LogP contribution in [0.3, 0.4) is 0 Å². The predicted molar refractivity (Wildman–Crippen MR) is 133 cm³/mol. The predicted octanol–water partition coefficient (Wildman–Crippen LogP) is 6.78. The quantitative estimate of drug-likeness (QED) is 0.376. The van der Waals surface area contributed by atoms with E-state index in [4.69, 9.17) is 11.6 Å². The summed E-state index contributed by atoms with van der Waals surface area (Å²) >= 11 is 7.25. The lowest BCUT2D eigenvalue weighted by atomic mass is 10.1. The molecule has 3 aromatic rings. The number of aryl methyl sites for hydroxylation is 3. The van der Waals surface area contributed by atoms with Crippen molar-refractivity contribution < 1.29 is 8.42 Å². The number of allylic oxidation sites excluding steroid dienone is 1. The molecule has 164 valence electrons. The summed E-state index contributed by atoms with van der Waals surface area (Å²) in [5.74, 6) is 0.471. The Hall–Kier alpha value is -2.72. The fraction of sp³-hybridized carbons (Fsp3) is 0.160. The third-order valence-electron chi connectivity index (χ3n) is 4.84. The van der Waals surface area contributed by atoms with Crippen molar-refractivity contribution in [3.63, 3.8) is 0 Å². The maximum atomic E-state index is 13.3. The minimum absolute atomic E-state index is 0.0836. The smallest absolute Gasteiger partial charge is 0.219 e. The Bertz CT molecular complexity index is 1270. The van der Waals surface area contributed by atoms with Gasteiger partial charge in [-0.1, -0.05) is 59.6 Å². The van der Waals surface area contributed by atoms with Crippen LogP contribution in [0, 0.1) is 32.1 Å². The summed E-state index contributed by atoms with van der Waals surface area (Å²) in [5.41, 5.74) is 4.82. The van der Waals surface area contributed by atoms with E-state index >= 15 is 0 Å². The van der Waals surface area contributed by atoms with Crippen molar-refractivity contribution in [2.24, 2.45) is 0 Å². The number of hydrogen-bond acceptors (Lipinski definition) is 5. The Balaban J connectivity index is 2.09. The standard InChI is InChI=1S/C25H23ClN2O2S2/c1-17-13-18(2)24(19(3)14-17)28-25(31-16-20-9-11-21(26)12-10-20)23(15-27)32(29,30)22-7-5-4-6-8-22/h4-14,28H,16H2,1-3H3. The summed E-state index contributed by atoms with van der Waals surface area (Å²) < 4.78 is 26.6. The van der Waals surface area contributed by atoms with Crippen LogP contribution in [0.2, 0.25) is 5.02 Å². The van der Waals surface area contributed by atoms with Crippen LogP contribution in [-0.4, -0.2) is 8.42 Å². The van der Waals surface area contributed by atoms with Gasteiger partial charge < -0.3 is 5.32 Å². The first kappa shape index (κ1) is 23.9. The van der Waals surface area contributed by atoms with E-state index < -0.39 is 9.84 Å². The largest absolute Gasteiger partial charge is 0.348 e. The molecular weight excluding hydrogens is 460 g/mol. The van der Waals surface area contributed by atoms with Crippen molar-refractivity contribution in [2.75, 3.05) is 5.32 Å². The van der Waals surface area contributed by atoms with Crippen LogP contribution >= 0.6 is 23.4 Å². The molecule has 0 unspecified atom stereocenters. The number of rotatable bonds is 7. The number of benzene rings is 3. The van der Waals surface area contributed by atoms with Crippen molar-refractivity contribution in [3.05, 3.63) is 104 Å². The summed E-state index contributed by atoms with van der Waals surface area (Å²) in [7, 11) is -4.00. The number of nitrogens with one attached hydrogen (secondary N) is 1. The number of hydrogen-bond donors (Lipinski definition) is 1. The van der Waals surface area contributed by atoms with E-state index in [9.17, 15) is 13.7 Å². The van der Waals surface area contributed by atoms with Gasteiger partial charge in [0.2, 0.25) is 9.84 Å². The third-order valence-corrected chi connectivity index (χ3v) is 8.02. The van der Waals surface area contributed by atoms with E-state index in [0.29, 0.717) is 15.8 Å². The summed E-state index contributed by atoms with van der Waals surface area (Å²) in [6.45, 7) is 5.93. The van der Waals surface area contributed by atoms with Crippen LogP contribution in [0.25, 0.3) is 0 Å². The lowest BCUT2D eigenvalue weighted by Crippen LogP contribution is -2.11. The highest BCUT2D eigenvalue weighted by Crippen LogP contribution is 2.33. The fourth-order valence-corrected chi connectivity index (χ4v) is 5.99. The van der Waals surface area contributed by atoms with E-state index in [1.165, 1.54) is 23.9 Å². The molecule has 0 atom stereocenters. The van der Waals surface area contributed by atoms with Gasteiger partial charge in [0.05, 0.1) is 4.90 Å². The highest BCUT2D eigenvalue weighted by molar-refractivity contribution is 8.04. The lowest BCUT2D eigenvalue weighted by Gasteiger charge is -2.18. The summed E-state index contributed by atoms with van der Waals surface area (Å²) in [6.07, 6.45) is 0. The zero-order valence-electron chi connectivity index (χ0n) is 18.0. The van der Waals surface area contributed by atoms with Crippen molar-refractivity contribution in [2.45, 2.75) is 31.4 Å². The lowest BCUT2D eigenvalue weighted by molar-refractivity contribution is 0.603. The first-order chi connectivity index (χ1) is 15.2. The van der Waals surface area contributed by atoms with Crippen molar-refractivity contribution in [1.29, 1.82) is 5.26 Å². The first-order valence-corrected chi connectivity index (χ1v) is 12.7. The van der Waals surface area contributed by atoms with Crippen molar-refractivity contribution in [3.8, 4) is 6.07 Å². The zero-order valence-corrected chi connectivity index (χ0v) is 20.4. The monoisotopic (exact) mass is 482 g/mol. The van der Waals surface area contributed by atoms with E-state index in [2.05, 4.69) is 5.32 Å². The second kappa shape index (κ2) is 10.3. The van der Waals surface area contributed by atoms with Crippen LogP contribution in [-0.2, 0) is 15.6 Å². The van der Waals surface area contributed by atoms with Crippen LogP contribution in [0.15, 0.2) is 81.6 Å². The van der Waals surface area contributed by atoms with Gasteiger partial charge in [0, 0.05) is 16.5 Å². The van der Waals surface area contributed by atoms with E-state index in [-0.39, 0.29) is 9.80 Å². The molecule has 4 nitrogen and oxygen atoms in total. The van der Waals surface area contributed by atoms with Crippen molar-refractivity contribution in [1.82, 2.24) is 0 Å². The van der Waals surface area contributed by atoms with Gasteiger partial charge in [-0.2, -0.15) is 5.26 Å². The molecule has 0 saturated carbocycles. The molecule has 0 radical (unpaired) electrons. The third kappa shape index (κ3) is 5.55. The molecule has 0 aliphatic rings. The summed E-state index contributed by atoms with van der Waals surface area (Å²) in [5, 5.41) is 14.1. The molecule has 0 spiro atoms. The van der Waals surface area contributed by atoms with Crippen LogP contribution in [0.4, 0.5) is 5.69 Å². The number of sulfone groups is 1. The molecule has 32 heavy (non-hydrogen) atoms. The van der Waals surface area contributed by atoms with Gasteiger partial charge in [0.1, 0.15) is 11.1 Å². The highest BCUT2D eigenvalue weighted by Gasteiger charge is 2.26. The van der Waals surface area contributed by atoms with Crippen LogP contribution < -0.4 is 5.32 Å². The zero-order chi connectivity index (χ0) is 23.3. The first-order valence-electron chi connectivity index (χ1n) is 9.89. The van der Waals surface area contributed by atoms with Gasteiger partial charge >= 0.3 is 0 Å². The van der Waals surface area contributed by atoms with Gasteiger partial charge in [-0.3, -0.25) is 0 Å². The topological polar surface area (TPSA) is 70.0 Å². The van der Waals surface area contributed by atoms with Gasteiger partial charge in [0.25, 0.3) is 0 Å². The Kier molecular flexibility index (Phi) is 7.68. The number of anilines is 1. The Labute approximate surface area is 198 Å². The Morgan fingerprint density at radius 1 is 1.00 bits per heavy atom. The molecule has 0 aliphatic heterocycles. The molecule has 7 heteroatoms. The molecule has 0 amide bonds. The number of halogens is 1. The Morgan fingerprint density at radius 3 is 2.16 bits per heavy atom. The number of nitrogens with zero attached hydrogens (tertiary/aromatic N) is 1. The molecule has 0 aliphatic carbocycles. The fourth-order valence-electron chi connectivity index (χ4n) is 3.34. The SMILES string of the molecule is Cc1cc(C)c(NC(SCc2ccc(Cl)cc2)=C(C#N)S(=O)(=O)c2ccccc2)c(C)c1. The molecule has 0 aromatic heterocycles. The highest BCUT2D eigenvalue weighted by atomic mass is 35.5. The average molecular weight is 483 g/mol. The van der Waals surface area contributed by atoms with E-state index in [0.717, 1.165) is 27.9 Å². The number of thioether (sulfide) groups is 1. The van der Waals surface area contributed by atoms with Crippen LogP contribution in [0.5, 0.6) is 0 Å². The average Bonchev–Trinajstić information content (AvgIpc) is 2.76. The molecule has 3 aromatic carbocycles. The molecule has 1 N–H and O–H groups in total. The minimum atomic E-state index is -4.00. The molecule has 3 rings (SSSR count). The van der Waals surface area contributed by atoms with Crippen LogP contribution in [0.1, 0.15) is 22.3 Å². The van der Waals surface area contributed by atoms with E-state index in [1.807, 2.05) is 51.1 Å². The maximum Gasteiger partial charge on any atom is 0.219 e. The molecule has 0 heterocycles. The van der Waals surface area contributed by atoms with Gasteiger partial charge in [0.15, 0.2) is 4.91 Å². The van der Waals surface area contributed by atoms with Crippen molar-refractivity contribution >= 4 is 38.9 Å². The molecule has 0 saturated heterocycles. The summed E-state index contributed by atoms with van der Waals surface area (Å²) in [4.78, 5) is -0.220. The van der Waals surface area contributed by atoms with Gasteiger partial charge in [-0.25, -0.2) is 8.42 Å².